The van der Waals surface area contributed by atoms with E-state index in [1.54, 1.807) is 63.6 Å². The van der Waals surface area contributed by atoms with Crippen LogP contribution in [0, 0.1) is 0 Å². The van der Waals surface area contributed by atoms with Gasteiger partial charge in [-0.05, 0) is 57.5 Å². The van der Waals surface area contributed by atoms with Crippen LogP contribution in [0.1, 0.15) is 13.8 Å². The van der Waals surface area contributed by atoms with Gasteiger partial charge >= 0.3 is 0 Å². The molecule has 1 heterocycles. The van der Waals surface area contributed by atoms with Crippen molar-refractivity contribution in [2.45, 2.75) is 24.0 Å². The fourth-order valence-corrected chi connectivity index (χ4v) is 5.03. The van der Waals surface area contributed by atoms with Crippen LogP contribution in [0.15, 0.2) is 53.6 Å². The van der Waals surface area contributed by atoms with Gasteiger partial charge in [-0.25, -0.2) is 13.4 Å². The molecular weight excluding hydrogens is 463 g/mol. The molecule has 3 rings (SSSR count). The number of ether oxygens (including phenoxy) is 1. The van der Waals surface area contributed by atoms with Crippen LogP contribution in [0.25, 0.3) is 0 Å². The summed E-state index contributed by atoms with van der Waals surface area (Å²) in [5.41, 5.74) is 0.823. The van der Waals surface area contributed by atoms with Crippen LogP contribution >= 0.6 is 7.14 Å². The molecule has 0 aliphatic rings. The van der Waals surface area contributed by atoms with Crippen molar-refractivity contribution < 1.29 is 22.8 Å². The number of rotatable bonds is 8. The zero-order chi connectivity index (χ0) is 24.4. The first-order valence-electron chi connectivity index (χ1n) is 10.1. The number of nitrogens with one attached hydrogen (secondary N) is 2. The molecule has 0 unspecified atom stereocenters. The Morgan fingerprint density at radius 1 is 1.06 bits per heavy atom. The summed E-state index contributed by atoms with van der Waals surface area (Å²) in [6, 6.07) is 11.6. The first-order valence-corrected chi connectivity index (χ1v) is 14.2. The van der Waals surface area contributed by atoms with E-state index in [4.69, 9.17) is 4.74 Å². The van der Waals surface area contributed by atoms with Crippen molar-refractivity contribution in [2.75, 3.05) is 31.1 Å². The fraction of sp³-hybridized carbons (Fsp3) is 0.273. The maximum atomic E-state index is 12.7. The van der Waals surface area contributed by atoms with Gasteiger partial charge in [-0.1, -0.05) is 12.1 Å². The molecule has 0 aliphatic carbocycles. The molecule has 0 fully saturated rings. The van der Waals surface area contributed by atoms with Gasteiger partial charge in [-0.15, -0.1) is 0 Å². The highest BCUT2D eigenvalue weighted by Gasteiger charge is 2.23. The minimum Gasteiger partial charge on any atom is -0.503 e. The molecule has 0 saturated heterocycles. The van der Waals surface area contributed by atoms with E-state index in [1.807, 2.05) is 0 Å². The molecule has 3 aromatic rings. The van der Waals surface area contributed by atoms with Gasteiger partial charge in [0.05, 0.1) is 34.8 Å². The van der Waals surface area contributed by atoms with E-state index >= 15 is 0 Å². The normalized spacial score (nSPS) is 11.9. The summed E-state index contributed by atoms with van der Waals surface area (Å²) >= 11 is 0. The van der Waals surface area contributed by atoms with Crippen molar-refractivity contribution in [2.24, 2.45) is 0 Å². The predicted octanol–water partition coefficient (Wildman–Crippen LogP) is 4.11. The SMILES string of the molecule is COc1cc(P(C)(C)=O)ccc1Nc1ncc(O)c(Nc2ccccc2S(=O)(=O)C(C)C)n1. The first kappa shape index (κ1) is 24.5. The molecular formula is C22H27N4O5PS. The van der Waals surface area contributed by atoms with E-state index in [9.17, 15) is 18.1 Å². The Morgan fingerprint density at radius 3 is 2.39 bits per heavy atom. The molecule has 1 aromatic heterocycles. The molecule has 0 aliphatic heterocycles. The Morgan fingerprint density at radius 2 is 1.76 bits per heavy atom. The topological polar surface area (TPSA) is 131 Å². The average molecular weight is 491 g/mol. The van der Waals surface area contributed by atoms with Crippen molar-refractivity contribution in [3.05, 3.63) is 48.7 Å². The first-order chi connectivity index (χ1) is 15.4. The van der Waals surface area contributed by atoms with Gasteiger partial charge in [0.15, 0.2) is 21.4 Å². The van der Waals surface area contributed by atoms with Gasteiger partial charge in [0.25, 0.3) is 0 Å². The van der Waals surface area contributed by atoms with E-state index in [-0.39, 0.29) is 28.1 Å². The van der Waals surface area contributed by atoms with Crippen LogP contribution in [-0.2, 0) is 14.4 Å². The zero-order valence-corrected chi connectivity index (χ0v) is 20.7. The molecule has 2 aromatic carbocycles. The lowest BCUT2D eigenvalue weighted by molar-refractivity contribution is 0.417. The van der Waals surface area contributed by atoms with Gasteiger partial charge in [-0.2, -0.15) is 4.98 Å². The molecule has 0 saturated carbocycles. The lowest BCUT2D eigenvalue weighted by Gasteiger charge is -2.16. The number of hydrogen-bond donors (Lipinski definition) is 3. The van der Waals surface area contributed by atoms with Crippen LogP contribution < -0.4 is 20.7 Å². The summed E-state index contributed by atoms with van der Waals surface area (Å²) in [6.07, 6.45) is 1.20. The average Bonchev–Trinajstić information content (AvgIpc) is 2.75. The maximum Gasteiger partial charge on any atom is 0.229 e. The summed E-state index contributed by atoms with van der Waals surface area (Å²) in [7, 11) is -4.54. The molecule has 0 radical (unpaired) electrons. The second-order valence-corrected chi connectivity index (χ2v) is 13.7. The van der Waals surface area contributed by atoms with Gasteiger partial charge in [0, 0.05) is 5.30 Å². The van der Waals surface area contributed by atoms with E-state index in [2.05, 4.69) is 20.6 Å². The lowest BCUT2D eigenvalue weighted by atomic mass is 10.3. The summed E-state index contributed by atoms with van der Waals surface area (Å²) in [4.78, 5) is 8.47. The van der Waals surface area contributed by atoms with Crippen LogP contribution in [0.3, 0.4) is 0 Å². The van der Waals surface area contributed by atoms with Crippen molar-refractivity contribution in [1.29, 1.82) is 0 Å². The molecule has 0 amide bonds. The number of methoxy groups -OCH3 is 1. The summed E-state index contributed by atoms with van der Waals surface area (Å²) in [5, 5.41) is 16.2. The number of benzene rings is 2. The number of hydrogen-bond acceptors (Lipinski definition) is 9. The Labute approximate surface area is 193 Å². The second-order valence-electron chi connectivity index (χ2n) is 8.00. The predicted molar refractivity (Wildman–Crippen MR) is 131 cm³/mol. The molecule has 33 heavy (non-hydrogen) atoms. The van der Waals surface area contributed by atoms with Gasteiger partial charge < -0.3 is 25.0 Å². The van der Waals surface area contributed by atoms with Crippen LogP contribution in [0.4, 0.5) is 23.1 Å². The Bertz CT molecular complexity index is 1320. The third kappa shape index (κ3) is 5.46. The second kappa shape index (κ2) is 9.41. The number of para-hydroxylation sites is 1. The summed E-state index contributed by atoms with van der Waals surface area (Å²) in [6.45, 7) is 6.55. The summed E-state index contributed by atoms with van der Waals surface area (Å²) < 4.78 is 43.2. The Hall–Kier alpha value is -3.10. The lowest BCUT2D eigenvalue weighted by Crippen LogP contribution is -2.15. The molecule has 0 atom stereocenters. The third-order valence-corrected chi connectivity index (χ3v) is 8.62. The summed E-state index contributed by atoms with van der Waals surface area (Å²) in [5.74, 6) is 0.372. The number of sulfone groups is 1. The quantitative estimate of drug-likeness (QED) is 0.399. The highest BCUT2D eigenvalue weighted by atomic mass is 32.2. The minimum absolute atomic E-state index is 0.0288. The van der Waals surface area contributed by atoms with Crippen molar-refractivity contribution in [1.82, 2.24) is 9.97 Å². The number of nitrogens with zero attached hydrogens (tertiary/aromatic N) is 2. The number of anilines is 4. The Kier molecular flexibility index (Phi) is 7.00. The van der Waals surface area contributed by atoms with Gasteiger partial charge in [-0.3, -0.25) is 0 Å². The zero-order valence-electron chi connectivity index (χ0n) is 19.0. The minimum atomic E-state index is -3.57. The smallest absolute Gasteiger partial charge is 0.229 e. The molecule has 11 heteroatoms. The van der Waals surface area contributed by atoms with Gasteiger partial charge in [0.2, 0.25) is 5.95 Å². The van der Waals surface area contributed by atoms with Crippen molar-refractivity contribution in [3.63, 3.8) is 0 Å². The molecule has 3 N–H and O–H groups in total. The highest BCUT2D eigenvalue weighted by Crippen LogP contribution is 2.38. The largest absolute Gasteiger partial charge is 0.503 e. The van der Waals surface area contributed by atoms with Crippen molar-refractivity contribution >= 4 is 45.4 Å². The van der Waals surface area contributed by atoms with Crippen LogP contribution in [-0.4, -0.2) is 49.2 Å². The molecule has 9 nitrogen and oxygen atoms in total. The molecule has 0 bridgehead atoms. The van der Waals surface area contributed by atoms with Crippen LogP contribution in [0.2, 0.25) is 0 Å². The molecule has 0 spiro atoms. The molecule has 176 valence electrons. The maximum absolute atomic E-state index is 12.7. The van der Waals surface area contributed by atoms with Gasteiger partial charge in [0.1, 0.15) is 12.9 Å². The van der Waals surface area contributed by atoms with E-state index in [0.717, 1.165) is 0 Å². The Balaban J connectivity index is 1.95. The number of aromatic hydroxyl groups is 1. The standard InChI is InChI=1S/C22H27N4O5PS/c1-14(2)33(29,30)20-9-7-6-8-17(20)24-21-18(27)13-23-22(26-21)25-16-11-10-15(32(4,5)28)12-19(16)31-3/h6-14,27H,1-5H3,(H2,23,24,25,26). The van der Waals surface area contributed by atoms with Crippen LogP contribution in [0.5, 0.6) is 11.5 Å². The monoisotopic (exact) mass is 490 g/mol. The third-order valence-electron chi connectivity index (χ3n) is 4.89. The van der Waals surface area contributed by atoms with E-state index in [1.165, 1.54) is 19.4 Å². The van der Waals surface area contributed by atoms with E-state index in [0.29, 0.717) is 16.7 Å². The highest BCUT2D eigenvalue weighted by molar-refractivity contribution is 7.92. The number of aromatic nitrogens is 2. The van der Waals surface area contributed by atoms with Crippen molar-refractivity contribution in [3.8, 4) is 11.5 Å². The fourth-order valence-electron chi connectivity index (χ4n) is 2.97. The van der Waals surface area contributed by atoms with E-state index < -0.39 is 22.2 Å².